The van der Waals surface area contributed by atoms with E-state index in [9.17, 15) is 24.3 Å². The minimum Gasteiger partial charge on any atom is -0.459 e. The number of nitrogen functional groups attached to an aromatic ring is 1. The third-order valence-corrected chi connectivity index (χ3v) is 14.1. The van der Waals surface area contributed by atoms with Crippen molar-refractivity contribution < 1.29 is 52.7 Å². The van der Waals surface area contributed by atoms with Gasteiger partial charge in [0.25, 0.3) is 0 Å². The number of hydrogen-bond donors (Lipinski definition) is 3. The van der Waals surface area contributed by atoms with Gasteiger partial charge in [0.05, 0.1) is 35.6 Å². The van der Waals surface area contributed by atoms with E-state index >= 15 is 0 Å². The highest BCUT2D eigenvalue weighted by Crippen LogP contribution is 2.40. The van der Waals surface area contributed by atoms with Crippen molar-refractivity contribution in [3.8, 4) is 11.3 Å². The summed E-state index contributed by atoms with van der Waals surface area (Å²) in [6, 6.07) is 14.7. The molecule has 0 radical (unpaired) electrons. The summed E-state index contributed by atoms with van der Waals surface area (Å²) in [6.45, 7) is 14.1. The molecule has 1 aromatic heterocycles. The maximum absolute atomic E-state index is 14.6. The molecule has 3 unspecified atom stereocenters. The van der Waals surface area contributed by atoms with Gasteiger partial charge in [-0.1, -0.05) is 56.3 Å². The number of methoxy groups -OCH3 is 1. The standard InChI is InChI=1S/C50H73N7O11/c1-11-40-50(7)43(57(48(62)68-50)23-16-15-22-56-28-38(53-54-56)35-20-17-21-36(51)24-35)33(5)52-27-30(2)26-49(6,63-10)44(31(3)41(58)32(4)45(60)66-40)67-47-42(59)39(55(8)9)25-37(65-47)29-64-46(61)34-18-13-12-14-19-34/h12-14,17-21,24,28,30-33,37,39-40,42-44,47,52,59H,11,15-16,22-23,25-27,29,51H2,1-10H3/t30-,31+,32-,33-,37?,39?,40-,42?,43-,44-,47+,49-,50-/m1/s1. The Morgan fingerprint density at radius 1 is 1.03 bits per heavy atom. The first-order valence-electron chi connectivity index (χ1n) is 24.0. The fraction of sp³-hybridized carbons (Fsp3) is 0.640. The van der Waals surface area contributed by atoms with Crippen molar-refractivity contribution in [1.29, 1.82) is 0 Å². The summed E-state index contributed by atoms with van der Waals surface area (Å²) in [4.78, 5) is 59.3. The zero-order chi connectivity index (χ0) is 49.5. The van der Waals surface area contributed by atoms with Crippen molar-refractivity contribution in [2.75, 3.05) is 46.6 Å². The minimum atomic E-state index is -1.28. The van der Waals surface area contributed by atoms with Crippen molar-refractivity contribution >= 4 is 29.5 Å². The summed E-state index contributed by atoms with van der Waals surface area (Å²) in [7, 11) is 5.21. The summed E-state index contributed by atoms with van der Waals surface area (Å²) in [5.41, 5.74) is 6.16. The Labute approximate surface area is 400 Å². The average molecular weight is 948 g/mol. The van der Waals surface area contributed by atoms with Crippen LogP contribution in [0.2, 0.25) is 0 Å². The molecule has 13 atom stereocenters. The lowest BCUT2D eigenvalue weighted by atomic mass is 9.78. The molecule has 1 amide bonds. The Bertz CT molecular complexity index is 2180. The van der Waals surface area contributed by atoms with Gasteiger partial charge in [-0.05, 0) is 111 Å². The van der Waals surface area contributed by atoms with Crippen LogP contribution in [0.15, 0.2) is 60.8 Å². The molecule has 0 spiro atoms. The number of aryl methyl sites for hydroxylation is 1. The number of amides is 1. The van der Waals surface area contributed by atoms with Gasteiger partial charge in [0.15, 0.2) is 17.7 Å². The van der Waals surface area contributed by atoms with Crippen LogP contribution < -0.4 is 11.1 Å². The van der Waals surface area contributed by atoms with E-state index in [2.05, 4.69) is 22.6 Å². The number of ether oxygens (including phenoxy) is 6. The number of cyclic esters (lactones) is 1. The molecule has 4 heterocycles. The number of anilines is 1. The second-order valence-electron chi connectivity index (χ2n) is 19.6. The smallest absolute Gasteiger partial charge is 0.410 e. The fourth-order valence-corrected chi connectivity index (χ4v) is 10.3. The highest BCUT2D eigenvalue weighted by molar-refractivity contribution is 6.00. The van der Waals surface area contributed by atoms with Gasteiger partial charge >= 0.3 is 18.0 Å². The minimum absolute atomic E-state index is 0.0901. The number of nitrogens with two attached hydrogens (primary N) is 1. The molecule has 3 aliphatic heterocycles. The predicted octanol–water partition coefficient (Wildman–Crippen LogP) is 5.12. The van der Waals surface area contributed by atoms with Crippen molar-refractivity contribution in [2.45, 2.75) is 147 Å². The summed E-state index contributed by atoms with van der Waals surface area (Å²) in [5.74, 6) is -4.06. The van der Waals surface area contributed by atoms with E-state index in [1.807, 2.05) is 76.3 Å². The fourth-order valence-electron chi connectivity index (χ4n) is 10.3. The van der Waals surface area contributed by atoms with Gasteiger partial charge in [-0.15, -0.1) is 5.10 Å². The molecular formula is C50H73N7O11. The number of unbranched alkanes of at least 4 members (excludes halogenated alkanes) is 1. The largest absolute Gasteiger partial charge is 0.459 e. The average Bonchev–Trinajstić information content (AvgIpc) is 3.90. The second-order valence-corrected chi connectivity index (χ2v) is 19.6. The number of hydrogen-bond acceptors (Lipinski definition) is 16. The lowest BCUT2D eigenvalue weighted by Crippen LogP contribution is -2.61. The van der Waals surface area contributed by atoms with E-state index < -0.39 is 89.6 Å². The number of ketones is 1. The number of benzene rings is 2. The topological polar surface area (TPSA) is 219 Å². The van der Waals surface area contributed by atoms with E-state index in [0.717, 1.165) is 5.56 Å². The molecule has 3 saturated heterocycles. The van der Waals surface area contributed by atoms with Gasteiger partial charge < -0.3 is 49.5 Å². The number of nitrogens with zero attached hydrogens (tertiary/aromatic N) is 5. The van der Waals surface area contributed by atoms with Crippen LogP contribution >= 0.6 is 0 Å². The third kappa shape index (κ3) is 11.9. The Morgan fingerprint density at radius 2 is 1.75 bits per heavy atom. The molecule has 4 N–H and O–H groups in total. The van der Waals surface area contributed by atoms with Crippen LogP contribution in [0.5, 0.6) is 0 Å². The number of nitrogens with one attached hydrogen (secondary N) is 1. The SMILES string of the molecule is CC[C@H]1OC(=O)[C@H](C)C(=O)[C@H](C)[C@@H](O[C@@H]2OC(COC(=O)c3ccccc3)CC(N(C)C)C2O)[C@](C)(OC)C[C@@H](C)CN[C@H](C)[C@H]2N(CCCCn3cc(-c4cccc(N)c4)nn3)C(=O)O[C@]12C. The number of aromatic nitrogens is 3. The molecular weight excluding hydrogens is 875 g/mol. The Hall–Kier alpha value is -4.98. The number of esters is 2. The van der Waals surface area contributed by atoms with Crippen molar-refractivity contribution in [2.24, 2.45) is 17.8 Å². The normalized spacial score (nSPS) is 33.0. The maximum Gasteiger partial charge on any atom is 0.410 e. The molecule has 68 heavy (non-hydrogen) atoms. The van der Waals surface area contributed by atoms with Crippen LogP contribution in [0.3, 0.4) is 0 Å². The monoisotopic (exact) mass is 948 g/mol. The van der Waals surface area contributed by atoms with Crippen LogP contribution in [-0.4, -0.2) is 155 Å². The number of carbonyl (C=O) groups excluding carboxylic acids is 4. The van der Waals surface area contributed by atoms with Gasteiger partial charge in [0, 0.05) is 49.5 Å². The van der Waals surface area contributed by atoms with Gasteiger partial charge in [0.1, 0.15) is 30.4 Å². The molecule has 0 aliphatic carbocycles. The second kappa shape index (κ2) is 22.6. The molecule has 18 heteroatoms. The van der Waals surface area contributed by atoms with Crippen LogP contribution in [0.1, 0.15) is 90.9 Å². The zero-order valence-corrected chi connectivity index (χ0v) is 41.3. The molecule has 0 bridgehead atoms. The van der Waals surface area contributed by atoms with Crippen LogP contribution in [0.4, 0.5) is 10.5 Å². The quantitative estimate of drug-likeness (QED) is 0.0628. The third-order valence-electron chi connectivity index (χ3n) is 14.1. The van der Waals surface area contributed by atoms with Crippen LogP contribution in [0, 0.1) is 17.8 Å². The summed E-state index contributed by atoms with van der Waals surface area (Å²) in [6.07, 6.45) is -1.33. The van der Waals surface area contributed by atoms with Gasteiger partial charge in [0.2, 0.25) is 0 Å². The van der Waals surface area contributed by atoms with Crippen molar-refractivity contribution in [3.63, 3.8) is 0 Å². The van der Waals surface area contributed by atoms with Gasteiger partial charge in [-0.3, -0.25) is 19.2 Å². The number of aliphatic hydroxyl groups is 1. The molecule has 3 aromatic rings. The number of rotatable bonds is 14. The van der Waals surface area contributed by atoms with E-state index in [0.29, 0.717) is 68.7 Å². The van der Waals surface area contributed by atoms with Crippen molar-refractivity contribution in [3.05, 3.63) is 66.4 Å². The molecule has 0 saturated carbocycles. The van der Waals surface area contributed by atoms with Crippen LogP contribution in [-0.2, 0) is 44.6 Å². The molecule has 3 fully saturated rings. The zero-order valence-electron chi connectivity index (χ0n) is 41.3. The summed E-state index contributed by atoms with van der Waals surface area (Å²) < 4.78 is 39.4. The van der Waals surface area contributed by atoms with Crippen LogP contribution in [0.25, 0.3) is 11.3 Å². The van der Waals surface area contributed by atoms with Gasteiger partial charge in [-0.25, -0.2) is 9.59 Å². The number of aliphatic hydroxyl groups excluding tert-OH is 1. The van der Waals surface area contributed by atoms with Gasteiger partial charge in [-0.2, -0.15) is 0 Å². The van der Waals surface area contributed by atoms with E-state index in [1.54, 1.807) is 54.8 Å². The maximum atomic E-state index is 14.6. The summed E-state index contributed by atoms with van der Waals surface area (Å²) in [5, 5.41) is 24.1. The Balaban J connectivity index is 1.21. The lowest BCUT2D eigenvalue weighted by Gasteiger charge is -2.47. The van der Waals surface area contributed by atoms with E-state index in [4.69, 9.17) is 34.2 Å². The molecule has 18 nitrogen and oxygen atoms in total. The molecule has 2 aromatic carbocycles. The first-order chi connectivity index (χ1) is 32.3. The predicted molar refractivity (Wildman–Crippen MR) is 253 cm³/mol. The molecule has 3 aliphatic rings. The lowest BCUT2D eigenvalue weighted by molar-refractivity contribution is -0.300. The summed E-state index contributed by atoms with van der Waals surface area (Å²) >= 11 is 0. The van der Waals surface area contributed by atoms with E-state index in [-0.39, 0.29) is 18.6 Å². The number of likely N-dealkylation sites (N-methyl/N-ethyl adjacent to an activating group) is 1. The van der Waals surface area contributed by atoms with Crippen molar-refractivity contribution in [1.82, 2.24) is 30.1 Å². The number of Topliss-reactive ketones (excluding diaryl/α,β-unsaturated/α-hetero) is 1. The first kappa shape index (κ1) is 52.4. The Kier molecular flexibility index (Phi) is 17.4. The highest BCUT2D eigenvalue weighted by atomic mass is 16.7. The molecule has 6 rings (SSSR count). The molecule has 374 valence electrons. The Morgan fingerprint density at radius 3 is 2.43 bits per heavy atom. The highest BCUT2D eigenvalue weighted by Gasteiger charge is 2.59. The number of carbonyl (C=O) groups is 4. The van der Waals surface area contributed by atoms with E-state index in [1.165, 1.54) is 6.92 Å². The first-order valence-corrected chi connectivity index (χ1v) is 24.0. The number of fused-ring (bicyclic) bond motifs is 1.